The third kappa shape index (κ3) is 4.47. The van der Waals surface area contributed by atoms with Gasteiger partial charge in [0.05, 0.1) is 0 Å². The molecule has 2 N–H and O–H groups in total. The van der Waals surface area contributed by atoms with E-state index in [9.17, 15) is 14.7 Å². The van der Waals surface area contributed by atoms with Crippen LogP contribution in [0.4, 0.5) is 0 Å². The Morgan fingerprint density at radius 1 is 1.11 bits per heavy atom. The maximum Gasteiger partial charge on any atom is 0.332 e. The fourth-order valence-corrected chi connectivity index (χ4v) is 3.54. The zero-order chi connectivity index (χ0) is 20.1. The minimum atomic E-state index is -0.386. The molecular weight excluding hydrogens is 380 g/mol. The van der Waals surface area contributed by atoms with Gasteiger partial charge in [-0.3, -0.25) is 13.9 Å². The molecule has 0 amide bonds. The van der Waals surface area contributed by atoms with Crippen molar-refractivity contribution in [1.29, 1.82) is 0 Å². The quantitative estimate of drug-likeness (QED) is 0.422. The first-order chi connectivity index (χ1) is 13.5. The standard InChI is InChI=1S/C20H25ClN4O3/c1-2-3-5-11-24-17-16(22-19(21)23-17)18(27)25(20(24)28)12-6-4-8-14-9-7-10-15(26)13-14/h7,9-10,13,26H,2-6,8,11-12H2,1H3,(H,22,23). The van der Waals surface area contributed by atoms with E-state index in [1.165, 1.54) is 4.57 Å². The van der Waals surface area contributed by atoms with Crippen molar-refractivity contribution in [2.75, 3.05) is 0 Å². The van der Waals surface area contributed by atoms with Crippen molar-refractivity contribution < 1.29 is 5.11 Å². The highest BCUT2D eigenvalue weighted by Gasteiger charge is 2.16. The Bertz CT molecular complexity index is 1070. The molecule has 2 aromatic heterocycles. The van der Waals surface area contributed by atoms with Crippen LogP contribution < -0.4 is 11.2 Å². The Kier molecular flexibility index (Phi) is 6.57. The summed E-state index contributed by atoms with van der Waals surface area (Å²) in [6.45, 7) is 2.93. The van der Waals surface area contributed by atoms with E-state index in [0.29, 0.717) is 25.2 Å². The molecular formula is C20H25ClN4O3. The molecule has 28 heavy (non-hydrogen) atoms. The number of aromatic nitrogens is 4. The first-order valence-electron chi connectivity index (χ1n) is 9.68. The van der Waals surface area contributed by atoms with Crippen LogP contribution in [0.3, 0.4) is 0 Å². The van der Waals surface area contributed by atoms with Gasteiger partial charge in [0, 0.05) is 13.1 Å². The second kappa shape index (κ2) is 9.10. The molecule has 7 nitrogen and oxygen atoms in total. The predicted molar refractivity (Wildman–Crippen MR) is 110 cm³/mol. The number of rotatable bonds is 9. The summed E-state index contributed by atoms with van der Waals surface area (Å²) in [7, 11) is 0. The number of hydrogen-bond acceptors (Lipinski definition) is 4. The summed E-state index contributed by atoms with van der Waals surface area (Å²) in [6.07, 6.45) is 5.11. The average Bonchev–Trinajstić information content (AvgIpc) is 3.05. The highest BCUT2D eigenvalue weighted by Crippen LogP contribution is 2.14. The molecule has 0 bridgehead atoms. The van der Waals surface area contributed by atoms with Gasteiger partial charge in [0.25, 0.3) is 5.56 Å². The van der Waals surface area contributed by atoms with E-state index in [1.807, 2.05) is 6.07 Å². The second-order valence-electron chi connectivity index (χ2n) is 6.95. The van der Waals surface area contributed by atoms with Gasteiger partial charge >= 0.3 is 5.69 Å². The molecule has 150 valence electrons. The van der Waals surface area contributed by atoms with Crippen molar-refractivity contribution in [2.45, 2.75) is 58.5 Å². The summed E-state index contributed by atoms with van der Waals surface area (Å²) in [5.41, 5.74) is 0.902. The van der Waals surface area contributed by atoms with Gasteiger partial charge in [0.15, 0.2) is 11.2 Å². The van der Waals surface area contributed by atoms with Crippen LogP contribution in [0.5, 0.6) is 5.75 Å². The molecule has 0 saturated heterocycles. The molecule has 0 spiro atoms. The van der Waals surface area contributed by atoms with Gasteiger partial charge in [-0.05, 0) is 55.0 Å². The number of aromatic amines is 1. The number of aromatic hydroxyl groups is 1. The highest BCUT2D eigenvalue weighted by molar-refractivity contribution is 6.28. The SMILES string of the molecule is CCCCCn1c(=O)n(CCCCc2cccc(O)c2)c(=O)c2[nH]c(Cl)nc21. The zero-order valence-electron chi connectivity index (χ0n) is 15.9. The Hall–Kier alpha value is -2.54. The smallest absolute Gasteiger partial charge is 0.332 e. The summed E-state index contributed by atoms with van der Waals surface area (Å²) in [6, 6.07) is 7.12. The van der Waals surface area contributed by atoms with Crippen molar-refractivity contribution in [2.24, 2.45) is 0 Å². The molecule has 3 rings (SSSR count). The van der Waals surface area contributed by atoms with Crippen molar-refractivity contribution in [1.82, 2.24) is 19.1 Å². The minimum absolute atomic E-state index is 0.109. The van der Waals surface area contributed by atoms with Crippen LogP contribution in [0.25, 0.3) is 11.2 Å². The van der Waals surface area contributed by atoms with Crippen LogP contribution in [-0.4, -0.2) is 24.2 Å². The normalized spacial score (nSPS) is 11.4. The fourth-order valence-electron chi connectivity index (χ4n) is 3.37. The number of unbranched alkanes of at least 4 members (excludes halogenated alkanes) is 3. The van der Waals surface area contributed by atoms with Gasteiger partial charge in [-0.15, -0.1) is 0 Å². The first kappa shape index (κ1) is 20.2. The minimum Gasteiger partial charge on any atom is -0.508 e. The fraction of sp³-hybridized carbons (Fsp3) is 0.450. The lowest BCUT2D eigenvalue weighted by molar-refractivity contribution is 0.474. The first-order valence-corrected chi connectivity index (χ1v) is 10.1. The zero-order valence-corrected chi connectivity index (χ0v) is 16.7. The lowest BCUT2D eigenvalue weighted by atomic mass is 10.1. The number of aryl methyl sites for hydroxylation is 2. The van der Waals surface area contributed by atoms with Gasteiger partial charge < -0.3 is 10.1 Å². The predicted octanol–water partition coefficient (Wildman–Crippen LogP) is 3.46. The molecule has 1 aromatic carbocycles. The lowest BCUT2D eigenvalue weighted by Gasteiger charge is -2.11. The summed E-state index contributed by atoms with van der Waals surface area (Å²) in [5, 5.41) is 9.64. The molecule has 0 unspecified atom stereocenters. The average molecular weight is 405 g/mol. The molecule has 0 radical (unpaired) electrons. The molecule has 8 heteroatoms. The van der Waals surface area contributed by atoms with Crippen molar-refractivity contribution in [3.8, 4) is 5.75 Å². The third-order valence-electron chi connectivity index (χ3n) is 4.83. The molecule has 2 heterocycles. The lowest BCUT2D eigenvalue weighted by Crippen LogP contribution is -2.40. The Balaban J connectivity index is 1.79. The molecule has 3 aromatic rings. The summed E-state index contributed by atoms with van der Waals surface area (Å²) < 4.78 is 2.81. The monoisotopic (exact) mass is 404 g/mol. The largest absolute Gasteiger partial charge is 0.508 e. The topological polar surface area (TPSA) is 92.9 Å². The van der Waals surface area contributed by atoms with Crippen molar-refractivity contribution in [3.63, 3.8) is 0 Å². The molecule has 0 aliphatic carbocycles. The van der Waals surface area contributed by atoms with E-state index in [1.54, 1.807) is 22.8 Å². The molecule has 0 saturated carbocycles. The number of nitrogens with one attached hydrogen (secondary N) is 1. The van der Waals surface area contributed by atoms with Gasteiger partial charge in [0.2, 0.25) is 5.28 Å². The van der Waals surface area contributed by atoms with Gasteiger partial charge in [-0.2, -0.15) is 4.98 Å². The van der Waals surface area contributed by atoms with Crippen molar-refractivity contribution >= 4 is 22.8 Å². The Labute approximate surface area is 167 Å². The number of halogens is 1. The van der Waals surface area contributed by atoms with Crippen LogP contribution in [0, 0.1) is 0 Å². The summed E-state index contributed by atoms with van der Waals surface area (Å²) in [4.78, 5) is 32.6. The highest BCUT2D eigenvalue weighted by atomic mass is 35.5. The van der Waals surface area contributed by atoms with E-state index in [2.05, 4.69) is 16.9 Å². The number of phenolic OH excluding ortho intramolecular Hbond substituents is 1. The molecule has 0 atom stereocenters. The van der Waals surface area contributed by atoms with E-state index in [0.717, 1.165) is 37.7 Å². The number of nitrogens with zero attached hydrogens (tertiary/aromatic N) is 3. The molecule has 0 aliphatic heterocycles. The van der Waals surface area contributed by atoms with Crippen LogP contribution in [0.15, 0.2) is 33.9 Å². The third-order valence-corrected chi connectivity index (χ3v) is 5.00. The van der Waals surface area contributed by atoms with Gasteiger partial charge in [0.1, 0.15) is 5.75 Å². The number of benzene rings is 1. The van der Waals surface area contributed by atoms with Crippen LogP contribution in [-0.2, 0) is 19.5 Å². The maximum absolute atomic E-state index is 12.9. The number of hydrogen-bond donors (Lipinski definition) is 2. The molecule has 0 fully saturated rings. The number of fused-ring (bicyclic) bond motifs is 1. The number of imidazole rings is 1. The Morgan fingerprint density at radius 2 is 1.86 bits per heavy atom. The van der Waals surface area contributed by atoms with E-state index < -0.39 is 0 Å². The van der Waals surface area contributed by atoms with Gasteiger partial charge in [-0.1, -0.05) is 31.9 Å². The second-order valence-corrected chi connectivity index (χ2v) is 7.31. The summed E-state index contributed by atoms with van der Waals surface area (Å²) >= 11 is 5.95. The van der Waals surface area contributed by atoms with Gasteiger partial charge in [-0.25, -0.2) is 4.79 Å². The van der Waals surface area contributed by atoms with Crippen molar-refractivity contribution in [3.05, 3.63) is 56.0 Å². The van der Waals surface area contributed by atoms with E-state index >= 15 is 0 Å². The Morgan fingerprint density at radius 3 is 2.61 bits per heavy atom. The molecule has 0 aliphatic rings. The number of phenols is 1. The van der Waals surface area contributed by atoms with Crippen LogP contribution in [0.1, 0.15) is 44.6 Å². The van der Waals surface area contributed by atoms with E-state index in [-0.39, 0.29) is 27.8 Å². The maximum atomic E-state index is 12.9. The number of H-pyrrole nitrogens is 1. The van der Waals surface area contributed by atoms with Crippen LogP contribution >= 0.6 is 11.6 Å². The van der Waals surface area contributed by atoms with Crippen LogP contribution in [0.2, 0.25) is 5.28 Å². The van der Waals surface area contributed by atoms with E-state index in [4.69, 9.17) is 11.6 Å². The summed E-state index contributed by atoms with van der Waals surface area (Å²) in [5.74, 6) is 0.241.